The fourth-order valence-electron chi connectivity index (χ4n) is 1.46. The van der Waals surface area contributed by atoms with Gasteiger partial charge in [-0.15, -0.1) is 0 Å². The van der Waals surface area contributed by atoms with Crippen molar-refractivity contribution < 1.29 is 18.6 Å². The zero-order valence-electron chi connectivity index (χ0n) is 8.14. The van der Waals surface area contributed by atoms with E-state index in [-0.39, 0.29) is 6.10 Å². The van der Waals surface area contributed by atoms with Crippen molar-refractivity contribution in [3.8, 4) is 0 Å². The Kier molecular flexibility index (Phi) is 4.71. The summed E-state index contributed by atoms with van der Waals surface area (Å²) in [5, 5.41) is 10.9. The summed E-state index contributed by atoms with van der Waals surface area (Å²) < 4.78 is 30.4. The monoisotopic (exact) mass is 209 g/mol. The van der Waals surface area contributed by atoms with E-state index in [0.29, 0.717) is 6.54 Å². The predicted octanol–water partition coefficient (Wildman–Crippen LogP) is 0.773. The SMILES string of the molecule is OCC(F)(F)CNCCC1CCCO1. The summed E-state index contributed by atoms with van der Waals surface area (Å²) in [5.74, 6) is -3.00. The Bertz CT molecular complexity index is 161. The molecule has 1 aliphatic rings. The van der Waals surface area contributed by atoms with Crippen LogP contribution in [0.4, 0.5) is 8.78 Å². The predicted molar refractivity (Wildman–Crippen MR) is 48.5 cm³/mol. The molecular weight excluding hydrogens is 192 g/mol. The van der Waals surface area contributed by atoms with Crippen LogP contribution in [0.25, 0.3) is 0 Å². The lowest BCUT2D eigenvalue weighted by Gasteiger charge is -2.15. The molecule has 1 aliphatic heterocycles. The number of ether oxygens (including phenoxy) is 1. The van der Waals surface area contributed by atoms with E-state index in [1.54, 1.807) is 0 Å². The zero-order valence-corrected chi connectivity index (χ0v) is 8.14. The van der Waals surface area contributed by atoms with Gasteiger partial charge in [-0.05, 0) is 25.8 Å². The fourth-order valence-corrected chi connectivity index (χ4v) is 1.46. The number of hydrogen-bond acceptors (Lipinski definition) is 3. The van der Waals surface area contributed by atoms with Gasteiger partial charge in [0.1, 0.15) is 6.61 Å². The lowest BCUT2D eigenvalue weighted by atomic mass is 10.2. The molecule has 1 atom stereocenters. The summed E-state index contributed by atoms with van der Waals surface area (Å²) in [6.07, 6.45) is 3.09. The van der Waals surface area contributed by atoms with Crippen LogP contribution in [0.2, 0.25) is 0 Å². The highest BCUT2D eigenvalue weighted by atomic mass is 19.3. The Morgan fingerprint density at radius 3 is 2.86 bits per heavy atom. The van der Waals surface area contributed by atoms with Crippen molar-refractivity contribution >= 4 is 0 Å². The molecule has 1 fully saturated rings. The van der Waals surface area contributed by atoms with Crippen LogP contribution in [-0.2, 0) is 4.74 Å². The first kappa shape index (κ1) is 11.8. The Morgan fingerprint density at radius 2 is 2.29 bits per heavy atom. The molecule has 0 bridgehead atoms. The van der Waals surface area contributed by atoms with Crippen LogP contribution in [0, 0.1) is 0 Å². The molecule has 5 heteroatoms. The van der Waals surface area contributed by atoms with Crippen LogP contribution in [0.15, 0.2) is 0 Å². The number of aliphatic hydroxyl groups is 1. The third kappa shape index (κ3) is 4.30. The van der Waals surface area contributed by atoms with Gasteiger partial charge < -0.3 is 15.2 Å². The van der Waals surface area contributed by atoms with Gasteiger partial charge in [0.15, 0.2) is 0 Å². The third-order valence-corrected chi connectivity index (χ3v) is 2.28. The molecule has 0 spiro atoms. The number of halogens is 2. The quantitative estimate of drug-likeness (QED) is 0.635. The van der Waals surface area contributed by atoms with Crippen LogP contribution in [-0.4, -0.2) is 43.4 Å². The molecule has 1 rings (SSSR count). The molecule has 0 saturated carbocycles. The van der Waals surface area contributed by atoms with Crippen molar-refractivity contribution in [1.29, 1.82) is 0 Å². The van der Waals surface area contributed by atoms with Crippen LogP contribution < -0.4 is 5.32 Å². The number of hydrogen-bond donors (Lipinski definition) is 2. The van der Waals surface area contributed by atoms with Gasteiger partial charge in [0.2, 0.25) is 0 Å². The van der Waals surface area contributed by atoms with Crippen molar-refractivity contribution in [3.05, 3.63) is 0 Å². The summed E-state index contributed by atoms with van der Waals surface area (Å²) in [6.45, 7) is -0.256. The Balaban J connectivity index is 1.98. The molecule has 3 nitrogen and oxygen atoms in total. The van der Waals surface area contributed by atoms with E-state index in [0.717, 1.165) is 25.9 Å². The maximum absolute atomic E-state index is 12.5. The van der Waals surface area contributed by atoms with Gasteiger partial charge in [0.25, 0.3) is 5.92 Å². The highest BCUT2D eigenvalue weighted by molar-refractivity contribution is 4.70. The molecule has 1 saturated heterocycles. The number of alkyl halides is 2. The molecule has 1 heterocycles. The minimum atomic E-state index is -3.00. The first-order chi connectivity index (χ1) is 6.64. The normalized spacial score (nSPS) is 22.9. The molecule has 84 valence electrons. The second kappa shape index (κ2) is 5.58. The summed E-state index contributed by atoms with van der Waals surface area (Å²) in [5.41, 5.74) is 0. The van der Waals surface area contributed by atoms with E-state index in [4.69, 9.17) is 9.84 Å². The highest BCUT2D eigenvalue weighted by Gasteiger charge is 2.26. The van der Waals surface area contributed by atoms with Gasteiger partial charge in [-0.25, -0.2) is 8.78 Å². The average Bonchev–Trinajstić information content (AvgIpc) is 2.65. The highest BCUT2D eigenvalue weighted by Crippen LogP contribution is 2.15. The Hall–Kier alpha value is -0.260. The summed E-state index contributed by atoms with van der Waals surface area (Å²) >= 11 is 0. The van der Waals surface area contributed by atoms with E-state index in [9.17, 15) is 8.78 Å². The van der Waals surface area contributed by atoms with Crippen molar-refractivity contribution in [2.75, 3.05) is 26.3 Å². The van der Waals surface area contributed by atoms with E-state index >= 15 is 0 Å². The molecule has 0 aromatic heterocycles. The first-order valence-corrected chi connectivity index (χ1v) is 4.95. The van der Waals surface area contributed by atoms with Gasteiger partial charge in [0.05, 0.1) is 12.6 Å². The zero-order chi connectivity index (χ0) is 10.4. The van der Waals surface area contributed by atoms with Crippen molar-refractivity contribution in [1.82, 2.24) is 5.32 Å². The minimum absolute atomic E-state index is 0.227. The molecule has 0 aliphatic carbocycles. The number of rotatable bonds is 6. The smallest absolute Gasteiger partial charge is 0.282 e. The second-order valence-corrected chi connectivity index (χ2v) is 3.61. The third-order valence-electron chi connectivity index (χ3n) is 2.28. The Morgan fingerprint density at radius 1 is 1.50 bits per heavy atom. The standard InChI is InChI=1S/C9H17F2NO2/c10-9(11,7-13)6-12-4-3-8-2-1-5-14-8/h8,12-13H,1-7H2. The van der Waals surface area contributed by atoms with Gasteiger partial charge in [0, 0.05) is 6.61 Å². The lowest BCUT2D eigenvalue weighted by molar-refractivity contribution is -0.0479. The lowest BCUT2D eigenvalue weighted by Crippen LogP contribution is -2.36. The molecule has 0 aromatic carbocycles. The van der Waals surface area contributed by atoms with Gasteiger partial charge >= 0.3 is 0 Å². The minimum Gasteiger partial charge on any atom is -0.390 e. The van der Waals surface area contributed by atoms with Crippen LogP contribution >= 0.6 is 0 Å². The van der Waals surface area contributed by atoms with Crippen molar-refractivity contribution in [2.24, 2.45) is 0 Å². The summed E-state index contributed by atoms with van der Waals surface area (Å²) in [4.78, 5) is 0. The van der Waals surface area contributed by atoms with E-state index in [1.165, 1.54) is 0 Å². The molecular formula is C9H17F2NO2. The van der Waals surface area contributed by atoms with E-state index in [1.807, 2.05) is 0 Å². The van der Waals surface area contributed by atoms with Crippen LogP contribution in [0.5, 0.6) is 0 Å². The number of aliphatic hydroxyl groups excluding tert-OH is 1. The maximum atomic E-state index is 12.5. The molecule has 2 N–H and O–H groups in total. The first-order valence-electron chi connectivity index (χ1n) is 4.95. The molecule has 14 heavy (non-hydrogen) atoms. The maximum Gasteiger partial charge on any atom is 0.282 e. The topological polar surface area (TPSA) is 41.5 Å². The van der Waals surface area contributed by atoms with Gasteiger partial charge in [-0.3, -0.25) is 0 Å². The van der Waals surface area contributed by atoms with E-state index < -0.39 is 19.1 Å². The van der Waals surface area contributed by atoms with Crippen molar-refractivity contribution in [3.63, 3.8) is 0 Å². The molecule has 0 radical (unpaired) electrons. The Labute approximate surface area is 82.4 Å². The van der Waals surface area contributed by atoms with Crippen LogP contribution in [0.3, 0.4) is 0 Å². The number of nitrogens with one attached hydrogen (secondary N) is 1. The summed E-state index contributed by atoms with van der Waals surface area (Å²) in [7, 11) is 0. The second-order valence-electron chi connectivity index (χ2n) is 3.61. The van der Waals surface area contributed by atoms with E-state index in [2.05, 4.69) is 5.32 Å². The molecule has 0 amide bonds. The molecule has 0 aromatic rings. The average molecular weight is 209 g/mol. The molecule has 1 unspecified atom stereocenters. The van der Waals surface area contributed by atoms with Gasteiger partial charge in [-0.2, -0.15) is 0 Å². The largest absolute Gasteiger partial charge is 0.390 e. The van der Waals surface area contributed by atoms with Crippen LogP contribution in [0.1, 0.15) is 19.3 Å². The van der Waals surface area contributed by atoms with Crippen molar-refractivity contribution in [2.45, 2.75) is 31.3 Å². The fraction of sp³-hybridized carbons (Fsp3) is 1.00. The van der Waals surface area contributed by atoms with Gasteiger partial charge in [-0.1, -0.05) is 0 Å². The summed E-state index contributed by atoms with van der Waals surface area (Å²) in [6, 6.07) is 0.